The van der Waals surface area contributed by atoms with E-state index in [0.29, 0.717) is 0 Å². The number of hydrogen-bond donors (Lipinski definition) is 1. The van der Waals surface area contributed by atoms with Gasteiger partial charge in [0.05, 0.1) is 12.8 Å². The summed E-state index contributed by atoms with van der Waals surface area (Å²) in [6, 6.07) is 14.0. The van der Waals surface area contributed by atoms with Crippen LogP contribution in [0.25, 0.3) is 0 Å². The average Bonchev–Trinajstić information content (AvgIpc) is 2.52. The van der Waals surface area contributed by atoms with Gasteiger partial charge in [0.1, 0.15) is 11.6 Å². The molecule has 1 aromatic carbocycles. The fourth-order valence-electron chi connectivity index (χ4n) is 1.94. The Bertz CT molecular complexity index is 540. The molecule has 4 nitrogen and oxygen atoms in total. The van der Waals surface area contributed by atoms with Crippen LogP contribution in [0.3, 0.4) is 0 Å². The molecular weight excluding hydrogens is 250 g/mol. The van der Waals surface area contributed by atoms with Crippen molar-refractivity contribution in [2.24, 2.45) is 0 Å². The van der Waals surface area contributed by atoms with Crippen molar-refractivity contribution >= 4 is 11.5 Å². The molecule has 0 fully saturated rings. The van der Waals surface area contributed by atoms with Crippen LogP contribution in [-0.4, -0.2) is 25.7 Å². The van der Waals surface area contributed by atoms with Crippen LogP contribution in [0.15, 0.2) is 42.5 Å². The van der Waals surface area contributed by atoms with E-state index in [0.717, 1.165) is 36.0 Å². The molecule has 2 rings (SSSR count). The zero-order chi connectivity index (χ0) is 14.4. The molecule has 0 saturated carbocycles. The number of methoxy groups -OCH3 is 1. The van der Waals surface area contributed by atoms with Gasteiger partial charge in [0, 0.05) is 19.3 Å². The lowest BCUT2D eigenvalue weighted by Gasteiger charge is -2.19. The molecule has 20 heavy (non-hydrogen) atoms. The van der Waals surface area contributed by atoms with Gasteiger partial charge in [-0.05, 0) is 42.9 Å². The fraction of sp³-hybridized carbons (Fsp3) is 0.312. The van der Waals surface area contributed by atoms with Crippen LogP contribution in [0, 0.1) is 0 Å². The summed E-state index contributed by atoms with van der Waals surface area (Å²) in [4.78, 5) is 6.73. The average molecular weight is 271 g/mol. The molecule has 0 amide bonds. The number of nitrogens with zero attached hydrogens (tertiary/aromatic N) is 2. The third kappa shape index (κ3) is 3.48. The van der Waals surface area contributed by atoms with Gasteiger partial charge in [0.2, 0.25) is 0 Å². The van der Waals surface area contributed by atoms with Gasteiger partial charge in [-0.15, -0.1) is 0 Å². The van der Waals surface area contributed by atoms with E-state index < -0.39 is 0 Å². The van der Waals surface area contributed by atoms with Gasteiger partial charge >= 0.3 is 0 Å². The first-order valence-electron chi connectivity index (χ1n) is 6.79. The maximum atomic E-state index is 5.18. The third-order valence-corrected chi connectivity index (χ3v) is 3.15. The number of ether oxygens (including phenoxy) is 1. The lowest BCUT2D eigenvalue weighted by molar-refractivity contribution is 0.415. The highest BCUT2D eigenvalue weighted by Crippen LogP contribution is 2.24. The van der Waals surface area contributed by atoms with E-state index in [-0.39, 0.29) is 0 Å². The molecule has 0 aliphatic carbocycles. The first-order chi connectivity index (χ1) is 9.74. The van der Waals surface area contributed by atoms with E-state index in [1.165, 1.54) is 0 Å². The smallest absolute Gasteiger partial charge is 0.133 e. The van der Waals surface area contributed by atoms with Crippen LogP contribution in [0.5, 0.6) is 5.75 Å². The summed E-state index contributed by atoms with van der Waals surface area (Å²) in [6.45, 7) is 3.83. The zero-order valence-corrected chi connectivity index (χ0v) is 12.3. The van der Waals surface area contributed by atoms with E-state index >= 15 is 0 Å². The molecule has 0 unspecified atom stereocenters. The Balaban J connectivity index is 2.16. The quantitative estimate of drug-likeness (QED) is 0.876. The van der Waals surface area contributed by atoms with Crippen molar-refractivity contribution in [3.8, 4) is 5.75 Å². The van der Waals surface area contributed by atoms with Crippen molar-refractivity contribution in [3.05, 3.63) is 48.2 Å². The third-order valence-electron chi connectivity index (χ3n) is 3.15. The molecule has 0 radical (unpaired) electrons. The van der Waals surface area contributed by atoms with E-state index in [4.69, 9.17) is 4.74 Å². The SMILES string of the molecule is CCNCc1cccc(N(C)c2ccc(OC)cc2)n1. The summed E-state index contributed by atoms with van der Waals surface area (Å²) in [5, 5.41) is 3.29. The second kappa shape index (κ2) is 6.91. The van der Waals surface area contributed by atoms with Gasteiger partial charge in [-0.3, -0.25) is 0 Å². The van der Waals surface area contributed by atoms with Crippen molar-refractivity contribution < 1.29 is 4.74 Å². The molecule has 0 saturated heterocycles. The zero-order valence-electron chi connectivity index (χ0n) is 12.3. The number of anilines is 2. The van der Waals surface area contributed by atoms with Crippen molar-refractivity contribution in [3.63, 3.8) is 0 Å². The molecule has 0 spiro atoms. The van der Waals surface area contributed by atoms with Gasteiger partial charge in [-0.25, -0.2) is 4.98 Å². The van der Waals surface area contributed by atoms with Gasteiger partial charge in [-0.2, -0.15) is 0 Å². The molecule has 2 aromatic rings. The van der Waals surface area contributed by atoms with Crippen LogP contribution in [-0.2, 0) is 6.54 Å². The maximum absolute atomic E-state index is 5.18. The van der Waals surface area contributed by atoms with Crippen LogP contribution >= 0.6 is 0 Å². The normalized spacial score (nSPS) is 10.3. The molecule has 1 aromatic heterocycles. The largest absolute Gasteiger partial charge is 0.497 e. The van der Waals surface area contributed by atoms with Crippen LogP contribution in [0.4, 0.5) is 11.5 Å². The van der Waals surface area contributed by atoms with Gasteiger partial charge in [0.25, 0.3) is 0 Å². The van der Waals surface area contributed by atoms with Crippen molar-refractivity contribution in [2.45, 2.75) is 13.5 Å². The molecule has 0 bridgehead atoms. The summed E-state index contributed by atoms with van der Waals surface area (Å²) in [5.41, 5.74) is 2.13. The molecule has 0 atom stereocenters. The molecular formula is C16H21N3O. The molecule has 4 heteroatoms. The Morgan fingerprint density at radius 3 is 2.55 bits per heavy atom. The van der Waals surface area contributed by atoms with Crippen LogP contribution in [0.2, 0.25) is 0 Å². The van der Waals surface area contributed by atoms with E-state index in [1.54, 1.807) is 7.11 Å². The van der Waals surface area contributed by atoms with Crippen LogP contribution in [0.1, 0.15) is 12.6 Å². The summed E-state index contributed by atoms with van der Waals surface area (Å²) in [5.74, 6) is 1.79. The Kier molecular flexibility index (Phi) is 4.96. The van der Waals surface area contributed by atoms with Crippen molar-refractivity contribution in [2.75, 3.05) is 25.6 Å². The molecule has 0 aliphatic heterocycles. The predicted octanol–water partition coefficient (Wildman–Crippen LogP) is 2.97. The minimum Gasteiger partial charge on any atom is -0.497 e. The number of rotatable bonds is 6. The Hall–Kier alpha value is -2.07. The first kappa shape index (κ1) is 14.3. The van der Waals surface area contributed by atoms with E-state index in [9.17, 15) is 0 Å². The second-order valence-electron chi connectivity index (χ2n) is 4.52. The van der Waals surface area contributed by atoms with E-state index in [2.05, 4.69) is 22.1 Å². The highest BCUT2D eigenvalue weighted by Gasteiger charge is 2.06. The number of nitrogens with one attached hydrogen (secondary N) is 1. The summed E-state index contributed by atoms with van der Waals surface area (Å²) < 4.78 is 5.18. The van der Waals surface area contributed by atoms with Crippen molar-refractivity contribution in [1.29, 1.82) is 0 Å². The summed E-state index contributed by atoms with van der Waals surface area (Å²) in [7, 11) is 3.69. The maximum Gasteiger partial charge on any atom is 0.133 e. The summed E-state index contributed by atoms with van der Waals surface area (Å²) in [6.07, 6.45) is 0. The minimum atomic E-state index is 0.792. The molecule has 1 N–H and O–H groups in total. The first-order valence-corrected chi connectivity index (χ1v) is 6.79. The van der Waals surface area contributed by atoms with Crippen LogP contribution < -0.4 is 15.0 Å². The standard InChI is InChI=1S/C16H21N3O/c1-4-17-12-13-6-5-7-16(18-13)19(2)14-8-10-15(20-3)11-9-14/h5-11,17H,4,12H2,1-3H3. The highest BCUT2D eigenvalue weighted by molar-refractivity contribution is 5.60. The lowest BCUT2D eigenvalue weighted by atomic mass is 10.2. The molecule has 0 aliphatic rings. The number of aromatic nitrogens is 1. The van der Waals surface area contributed by atoms with Crippen molar-refractivity contribution in [1.82, 2.24) is 10.3 Å². The van der Waals surface area contributed by atoms with E-state index in [1.807, 2.05) is 49.5 Å². The summed E-state index contributed by atoms with van der Waals surface area (Å²) >= 11 is 0. The molecule has 1 heterocycles. The lowest BCUT2D eigenvalue weighted by Crippen LogP contribution is -2.15. The van der Waals surface area contributed by atoms with Gasteiger partial charge in [-0.1, -0.05) is 13.0 Å². The predicted molar refractivity (Wildman–Crippen MR) is 82.7 cm³/mol. The Morgan fingerprint density at radius 2 is 1.90 bits per heavy atom. The topological polar surface area (TPSA) is 37.4 Å². The number of benzene rings is 1. The fourth-order valence-corrected chi connectivity index (χ4v) is 1.94. The molecule has 106 valence electrons. The Morgan fingerprint density at radius 1 is 1.15 bits per heavy atom. The van der Waals surface area contributed by atoms with Gasteiger partial charge in [0.15, 0.2) is 0 Å². The van der Waals surface area contributed by atoms with Gasteiger partial charge < -0.3 is 15.0 Å². The second-order valence-corrected chi connectivity index (χ2v) is 4.52. The highest BCUT2D eigenvalue weighted by atomic mass is 16.5. The Labute approximate surface area is 120 Å². The minimum absolute atomic E-state index is 0.792. The number of hydrogen-bond acceptors (Lipinski definition) is 4. The number of pyridine rings is 1. The monoisotopic (exact) mass is 271 g/mol.